The summed E-state index contributed by atoms with van der Waals surface area (Å²) in [7, 11) is 0. The van der Waals surface area contributed by atoms with E-state index in [2.05, 4.69) is 44.5 Å². The Morgan fingerprint density at radius 2 is 2.12 bits per heavy atom. The molecule has 0 radical (unpaired) electrons. The number of carbonyl (C=O) groups is 1. The number of benzene rings is 1. The third kappa shape index (κ3) is 3.20. The second-order valence-corrected chi connectivity index (χ2v) is 6.81. The molecule has 1 fully saturated rings. The zero-order chi connectivity index (χ0) is 18.1. The van der Waals surface area contributed by atoms with E-state index in [1.54, 1.807) is 0 Å². The number of hydrogen-bond donors (Lipinski definition) is 4. The van der Waals surface area contributed by atoms with Crippen LogP contribution in [-0.4, -0.2) is 18.6 Å². The van der Waals surface area contributed by atoms with Crippen molar-refractivity contribution in [3.63, 3.8) is 0 Å². The predicted octanol–water partition coefficient (Wildman–Crippen LogP) is 0.205. The molecule has 134 valence electrons. The highest BCUT2D eigenvalue weighted by Gasteiger charge is 2.30. The molecule has 0 aromatic heterocycles. The Labute approximate surface area is 151 Å². The van der Waals surface area contributed by atoms with E-state index in [-0.39, 0.29) is 18.0 Å². The van der Waals surface area contributed by atoms with Crippen molar-refractivity contribution >= 4 is 23.8 Å². The van der Waals surface area contributed by atoms with Crippen LogP contribution in [0.2, 0.25) is 0 Å². The van der Waals surface area contributed by atoms with E-state index in [1.807, 2.05) is 25.4 Å². The molecule has 3 aliphatic rings. The number of fused-ring (bicyclic) bond motifs is 1. The van der Waals surface area contributed by atoms with Crippen molar-refractivity contribution < 1.29 is 4.79 Å². The third-order valence-electron chi connectivity index (χ3n) is 4.94. The molecular weight excluding hydrogens is 328 g/mol. The summed E-state index contributed by atoms with van der Waals surface area (Å²) in [4.78, 5) is 11.9. The number of carbonyl (C=O) groups excluding carboxylic acids is 1. The second kappa shape index (κ2) is 6.67. The van der Waals surface area contributed by atoms with E-state index in [4.69, 9.17) is 5.84 Å². The second-order valence-electron chi connectivity index (χ2n) is 6.81. The molecule has 0 saturated heterocycles. The Kier molecular flexibility index (Phi) is 4.20. The van der Waals surface area contributed by atoms with Crippen LogP contribution in [0.25, 0.3) is 17.8 Å². The largest absolute Gasteiger partial charge is 0.385 e. The maximum Gasteiger partial charge on any atom is 0.224 e. The van der Waals surface area contributed by atoms with Gasteiger partial charge in [0.1, 0.15) is 6.17 Å². The summed E-state index contributed by atoms with van der Waals surface area (Å²) in [5.74, 6) is 5.53. The summed E-state index contributed by atoms with van der Waals surface area (Å²) in [6.45, 7) is 2.64. The van der Waals surface area contributed by atoms with Crippen LogP contribution in [0.1, 0.15) is 25.3 Å². The molecule has 1 aromatic carbocycles. The molecule has 4 rings (SSSR count). The van der Waals surface area contributed by atoms with Crippen molar-refractivity contribution in [2.75, 3.05) is 6.54 Å². The molecule has 0 bridgehead atoms. The lowest BCUT2D eigenvalue weighted by atomic mass is 9.95. The van der Waals surface area contributed by atoms with Crippen LogP contribution in [0.15, 0.2) is 46.0 Å². The lowest BCUT2D eigenvalue weighted by Gasteiger charge is -2.20. The van der Waals surface area contributed by atoms with Crippen molar-refractivity contribution in [2.24, 2.45) is 22.1 Å². The van der Waals surface area contributed by atoms with Gasteiger partial charge in [-0.25, -0.2) is 0 Å². The Bertz CT molecular complexity index is 955. The molecule has 1 atom stereocenters. The normalized spacial score (nSPS) is 21.7. The minimum atomic E-state index is -0.157. The minimum absolute atomic E-state index is 0.132. The van der Waals surface area contributed by atoms with Crippen molar-refractivity contribution in [3.8, 4) is 0 Å². The standard InChI is InChI=1S/C19H22N6O/c1-11-16(9-21-10-17(11)24-25-20)14-5-4-13-7-18(22-8-15(13)6-14)23-19(26)12-2-3-12/h4-9,12,18,21-22H,2-3,10H2,1H3,(H2,20,24)(H,23,26). The molecule has 1 aliphatic carbocycles. The summed E-state index contributed by atoms with van der Waals surface area (Å²) in [5, 5.41) is 19.1. The zero-order valence-corrected chi connectivity index (χ0v) is 14.6. The van der Waals surface area contributed by atoms with Crippen molar-refractivity contribution in [1.82, 2.24) is 16.0 Å². The smallest absolute Gasteiger partial charge is 0.224 e. The fraction of sp³-hybridized carbons (Fsp3) is 0.316. The van der Waals surface area contributed by atoms with Gasteiger partial charge in [-0.15, -0.1) is 5.11 Å². The quantitative estimate of drug-likeness (QED) is 0.354. The van der Waals surface area contributed by atoms with Gasteiger partial charge in [-0.1, -0.05) is 17.4 Å². The number of rotatable bonds is 4. The molecule has 26 heavy (non-hydrogen) atoms. The summed E-state index contributed by atoms with van der Waals surface area (Å²) in [6, 6.07) is 6.27. The lowest BCUT2D eigenvalue weighted by molar-refractivity contribution is -0.122. The monoisotopic (exact) mass is 350 g/mol. The number of nitrogens with zero attached hydrogens (tertiary/aromatic N) is 2. The Balaban J connectivity index is 1.61. The summed E-state index contributed by atoms with van der Waals surface area (Å²) >= 11 is 0. The molecule has 1 saturated carbocycles. The average Bonchev–Trinajstić information content (AvgIpc) is 3.48. The van der Waals surface area contributed by atoms with Gasteiger partial charge in [-0.2, -0.15) is 0 Å². The van der Waals surface area contributed by atoms with Gasteiger partial charge < -0.3 is 21.8 Å². The first-order valence-electron chi connectivity index (χ1n) is 8.79. The SMILES string of the molecule is CC1=C(N=NN)CNC=C1c1ccc2c(c1)=CNC(NC(=O)C1CC1)C=2. The lowest BCUT2D eigenvalue weighted by Crippen LogP contribution is -2.48. The molecule has 1 amide bonds. The van der Waals surface area contributed by atoms with Crippen molar-refractivity contribution in [2.45, 2.75) is 25.9 Å². The van der Waals surface area contributed by atoms with E-state index >= 15 is 0 Å². The van der Waals surface area contributed by atoms with Gasteiger partial charge in [0.25, 0.3) is 0 Å². The van der Waals surface area contributed by atoms with Crippen molar-refractivity contribution in [3.05, 3.63) is 51.7 Å². The van der Waals surface area contributed by atoms with Gasteiger partial charge in [-0.3, -0.25) is 4.79 Å². The zero-order valence-electron chi connectivity index (χ0n) is 14.6. The fourth-order valence-corrected chi connectivity index (χ4v) is 3.25. The molecule has 7 nitrogen and oxygen atoms in total. The van der Waals surface area contributed by atoms with Gasteiger partial charge in [0.2, 0.25) is 5.91 Å². The highest BCUT2D eigenvalue weighted by Crippen LogP contribution is 2.29. The molecule has 0 spiro atoms. The summed E-state index contributed by atoms with van der Waals surface area (Å²) < 4.78 is 0. The molecule has 1 aromatic rings. The number of hydrogen-bond acceptors (Lipinski definition) is 5. The van der Waals surface area contributed by atoms with Crippen LogP contribution in [-0.2, 0) is 4.79 Å². The van der Waals surface area contributed by atoms with E-state index in [0.29, 0.717) is 6.54 Å². The number of nitrogens with one attached hydrogen (secondary N) is 3. The maximum atomic E-state index is 11.9. The molecule has 7 heteroatoms. The molecule has 1 unspecified atom stereocenters. The van der Waals surface area contributed by atoms with Gasteiger partial charge in [-0.05, 0) is 53.5 Å². The van der Waals surface area contributed by atoms with Crippen LogP contribution >= 0.6 is 0 Å². The average molecular weight is 350 g/mol. The molecular formula is C19H22N6O. The third-order valence-corrected chi connectivity index (χ3v) is 4.94. The van der Waals surface area contributed by atoms with Crippen LogP contribution in [0.5, 0.6) is 0 Å². The van der Waals surface area contributed by atoms with Crippen molar-refractivity contribution in [1.29, 1.82) is 0 Å². The molecule has 2 heterocycles. The highest BCUT2D eigenvalue weighted by molar-refractivity contribution is 5.82. The minimum Gasteiger partial charge on any atom is -0.385 e. The number of dihydropyridines is 1. The van der Waals surface area contributed by atoms with Gasteiger partial charge >= 0.3 is 0 Å². The van der Waals surface area contributed by atoms with Crippen LogP contribution in [0, 0.1) is 5.92 Å². The van der Waals surface area contributed by atoms with Gasteiger partial charge in [0, 0.05) is 23.9 Å². The predicted molar refractivity (Wildman–Crippen MR) is 100 cm³/mol. The highest BCUT2D eigenvalue weighted by atomic mass is 16.2. The van der Waals surface area contributed by atoms with Crippen LogP contribution < -0.4 is 32.2 Å². The van der Waals surface area contributed by atoms with E-state index in [9.17, 15) is 4.79 Å². The first-order chi connectivity index (χ1) is 12.7. The van der Waals surface area contributed by atoms with Gasteiger partial charge in [0.15, 0.2) is 0 Å². The van der Waals surface area contributed by atoms with E-state index < -0.39 is 0 Å². The van der Waals surface area contributed by atoms with Crippen LogP contribution in [0.3, 0.4) is 0 Å². The van der Waals surface area contributed by atoms with E-state index in [1.165, 1.54) is 0 Å². The summed E-state index contributed by atoms with van der Waals surface area (Å²) in [6.07, 6.45) is 7.84. The molecule has 5 N–H and O–H groups in total. The first kappa shape index (κ1) is 16.4. The molecule has 2 aliphatic heterocycles. The fourth-order valence-electron chi connectivity index (χ4n) is 3.25. The number of nitrogens with two attached hydrogens (primary N) is 1. The number of allylic oxidation sites excluding steroid dienone is 2. The van der Waals surface area contributed by atoms with E-state index in [0.717, 1.165) is 45.7 Å². The maximum absolute atomic E-state index is 11.9. The number of amides is 1. The Hall–Kier alpha value is -3.09. The first-order valence-corrected chi connectivity index (χ1v) is 8.79. The Morgan fingerprint density at radius 3 is 2.88 bits per heavy atom. The Morgan fingerprint density at radius 1 is 1.27 bits per heavy atom. The summed E-state index contributed by atoms with van der Waals surface area (Å²) in [5.41, 5.74) is 4.04. The van der Waals surface area contributed by atoms with Crippen LogP contribution in [0.4, 0.5) is 0 Å². The topological polar surface area (TPSA) is 104 Å². The van der Waals surface area contributed by atoms with Gasteiger partial charge in [0.05, 0.1) is 12.2 Å².